The molecule has 20 heavy (non-hydrogen) atoms. The summed E-state index contributed by atoms with van der Waals surface area (Å²) < 4.78 is 9.74. The van der Waals surface area contributed by atoms with Crippen LogP contribution in [-0.2, 0) is 4.74 Å². The Morgan fingerprint density at radius 3 is 2.70 bits per heavy atom. The van der Waals surface area contributed by atoms with Gasteiger partial charge in [0.25, 0.3) is 0 Å². The Bertz CT molecular complexity index is 580. The van der Waals surface area contributed by atoms with Crippen LogP contribution in [0.1, 0.15) is 19.4 Å². The molecule has 8 heteroatoms. The molecule has 106 valence electrons. The maximum Gasteiger partial charge on any atom is 0.514 e. The summed E-state index contributed by atoms with van der Waals surface area (Å²) in [6.45, 7) is 3.82. The Balaban J connectivity index is 3.03. The summed E-state index contributed by atoms with van der Waals surface area (Å²) >= 11 is 3.03. The fraction of sp³-hybridized carbons (Fsp3) is 0.333. The van der Waals surface area contributed by atoms with Gasteiger partial charge in [0, 0.05) is 6.07 Å². The molecular weight excluding hydrogens is 332 g/mol. The zero-order valence-corrected chi connectivity index (χ0v) is 12.3. The van der Waals surface area contributed by atoms with Crippen LogP contribution in [0.15, 0.2) is 16.6 Å². The van der Waals surface area contributed by atoms with Gasteiger partial charge >= 0.3 is 11.8 Å². The van der Waals surface area contributed by atoms with Gasteiger partial charge in [-0.05, 0) is 27.9 Å². The van der Waals surface area contributed by atoms with Crippen molar-refractivity contribution < 1.29 is 19.2 Å². The van der Waals surface area contributed by atoms with E-state index in [0.29, 0.717) is 0 Å². The summed E-state index contributed by atoms with van der Waals surface area (Å²) in [6.07, 6.45) is -1.03. The zero-order chi connectivity index (χ0) is 15.3. The molecule has 0 aromatic heterocycles. The van der Waals surface area contributed by atoms with Crippen molar-refractivity contribution in [3.05, 3.63) is 32.3 Å². The third-order valence-corrected chi connectivity index (χ3v) is 2.66. The molecule has 0 aliphatic carbocycles. The Kier molecular flexibility index (Phi) is 5.46. The summed E-state index contributed by atoms with van der Waals surface area (Å²) in [5.74, 6) is -0.176. The molecule has 1 aromatic carbocycles. The lowest BCUT2D eigenvalue weighted by Gasteiger charge is -2.09. The quantitative estimate of drug-likeness (QED) is 0.359. The van der Waals surface area contributed by atoms with E-state index in [2.05, 4.69) is 15.9 Å². The molecular formula is C12H11BrN2O5. The highest BCUT2D eigenvalue weighted by molar-refractivity contribution is 9.10. The first-order valence-electron chi connectivity index (χ1n) is 5.57. The van der Waals surface area contributed by atoms with Crippen molar-refractivity contribution in [3.63, 3.8) is 0 Å². The van der Waals surface area contributed by atoms with Crippen LogP contribution in [0.5, 0.6) is 5.75 Å². The highest BCUT2D eigenvalue weighted by atomic mass is 79.9. The number of halogens is 1. The second-order valence-corrected chi connectivity index (χ2v) is 5.09. The summed E-state index contributed by atoms with van der Waals surface area (Å²) in [5.41, 5.74) is -0.413. The second kappa shape index (κ2) is 6.86. The van der Waals surface area contributed by atoms with Crippen LogP contribution in [0.4, 0.5) is 10.5 Å². The van der Waals surface area contributed by atoms with Crippen LogP contribution in [0.3, 0.4) is 0 Å². The van der Waals surface area contributed by atoms with Crippen molar-refractivity contribution in [2.75, 3.05) is 6.61 Å². The molecule has 0 aliphatic heterocycles. The number of benzene rings is 1. The van der Waals surface area contributed by atoms with E-state index < -0.39 is 16.8 Å². The molecule has 0 N–H and O–H groups in total. The number of carbonyl (C=O) groups is 1. The predicted molar refractivity (Wildman–Crippen MR) is 72.3 cm³/mol. The number of ether oxygens (including phenoxy) is 2. The van der Waals surface area contributed by atoms with Gasteiger partial charge in [-0.3, -0.25) is 10.1 Å². The van der Waals surface area contributed by atoms with Crippen LogP contribution in [0.2, 0.25) is 0 Å². The third kappa shape index (κ3) is 4.20. The Hall–Kier alpha value is -2.14. The largest absolute Gasteiger partial charge is 0.514 e. The van der Waals surface area contributed by atoms with Crippen molar-refractivity contribution in [1.82, 2.24) is 0 Å². The number of rotatable bonds is 4. The number of hydrogen-bond donors (Lipinski definition) is 0. The lowest BCUT2D eigenvalue weighted by atomic mass is 10.2. The third-order valence-electron chi connectivity index (χ3n) is 2.07. The van der Waals surface area contributed by atoms with E-state index in [9.17, 15) is 14.9 Å². The van der Waals surface area contributed by atoms with Crippen LogP contribution in [-0.4, -0.2) is 17.7 Å². The molecule has 0 spiro atoms. The molecule has 1 rings (SSSR count). The van der Waals surface area contributed by atoms with Crippen molar-refractivity contribution in [3.8, 4) is 11.8 Å². The minimum Gasteiger partial charge on any atom is -0.434 e. The first kappa shape index (κ1) is 15.9. The fourth-order valence-corrected chi connectivity index (χ4v) is 1.76. The lowest BCUT2D eigenvalue weighted by molar-refractivity contribution is -0.385. The van der Waals surface area contributed by atoms with Crippen molar-refractivity contribution in [2.24, 2.45) is 5.92 Å². The van der Waals surface area contributed by atoms with E-state index in [4.69, 9.17) is 14.7 Å². The molecule has 0 saturated heterocycles. The SMILES string of the molecule is CC(C)COC(=O)Oc1c(Br)cc(C#N)cc1[N+](=O)[O-]. The molecule has 0 saturated carbocycles. The predicted octanol–water partition coefficient (Wildman–Crippen LogP) is 3.40. The molecule has 0 amide bonds. The highest BCUT2D eigenvalue weighted by Crippen LogP contribution is 2.36. The molecule has 0 atom stereocenters. The van der Waals surface area contributed by atoms with Gasteiger partial charge in [0.15, 0.2) is 0 Å². The number of nitrogens with zero attached hydrogens (tertiary/aromatic N) is 2. The Morgan fingerprint density at radius 2 is 2.20 bits per heavy atom. The van der Waals surface area contributed by atoms with E-state index in [1.165, 1.54) is 6.07 Å². The average Bonchev–Trinajstić information content (AvgIpc) is 2.38. The van der Waals surface area contributed by atoms with Crippen LogP contribution in [0, 0.1) is 27.4 Å². The van der Waals surface area contributed by atoms with Crippen molar-refractivity contribution >= 4 is 27.8 Å². The standard InChI is InChI=1S/C12H11BrN2O5/c1-7(2)6-19-12(16)20-11-9(13)3-8(5-14)4-10(11)15(17)18/h3-4,7H,6H2,1-2H3. The van der Waals surface area contributed by atoms with Gasteiger partial charge in [-0.2, -0.15) is 5.26 Å². The maximum absolute atomic E-state index is 11.4. The van der Waals surface area contributed by atoms with Crippen LogP contribution >= 0.6 is 15.9 Å². The number of nitro benzene ring substituents is 1. The summed E-state index contributed by atoms with van der Waals surface area (Å²) in [4.78, 5) is 21.6. The van der Waals surface area contributed by atoms with E-state index in [1.54, 1.807) is 6.07 Å². The first-order chi connectivity index (χ1) is 9.35. The van der Waals surface area contributed by atoms with Crippen LogP contribution < -0.4 is 4.74 Å². The first-order valence-corrected chi connectivity index (χ1v) is 6.37. The molecule has 0 aliphatic rings. The molecule has 0 bridgehead atoms. The van der Waals surface area contributed by atoms with Gasteiger partial charge in [-0.1, -0.05) is 13.8 Å². The molecule has 0 radical (unpaired) electrons. The Labute approximate surface area is 123 Å². The summed E-state index contributed by atoms with van der Waals surface area (Å²) in [5, 5.41) is 19.7. The average molecular weight is 343 g/mol. The van der Waals surface area contributed by atoms with Gasteiger partial charge in [0.2, 0.25) is 5.75 Å². The van der Waals surface area contributed by atoms with Gasteiger partial charge in [0.05, 0.1) is 27.6 Å². The van der Waals surface area contributed by atoms with E-state index in [0.717, 1.165) is 6.07 Å². The number of hydrogen-bond acceptors (Lipinski definition) is 6. The van der Waals surface area contributed by atoms with E-state index >= 15 is 0 Å². The molecule has 7 nitrogen and oxygen atoms in total. The lowest BCUT2D eigenvalue weighted by Crippen LogP contribution is -2.15. The number of carbonyl (C=O) groups excluding carboxylic acids is 1. The summed E-state index contributed by atoms with van der Waals surface area (Å²) in [6, 6.07) is 4.12. The van der Waals surface area contributed by atoms with Crippen molar-refractivity contribution in [2.45, 2.75) is 13.8 Å². The van der Waals surface area contributed by atoms with Gasteiger partial charge in [0.1, 0.15) is 0 Å². The molecule has 1 aromatic rings. The molecule has 0 heterocycles. The fourth-order valence-electron chi connectivity index (χ4n) is 1.23. The summed E-state index contributed by atoms with van der Waals surface area (Å²) in [7, 11) is 0. The highest BCUT2D eigenvalue weighted by Gasteiger charge is 2.23. The Morgan fingerprint density at radius 1 is 1.55 bits per heavy atom. The van der Waals surface area contributed by atoms with Gasteiger partial charge in [-0.25, -0.2) is 4.79 Å². The minimum absolute atomic E-state index is 0.0754. The normalized spacial score (nSPS) is 9.95. The van der Waals surface area contributed by atoms with E-state index in [-0.39, 0.29) is 28.3 Å². The van der Waals surface area contributed by atoms with Gasteiger partial charge < -0.3 is 9.47 Å². The van der Waals surface area contributed by atoms with Crippen LogP contribution in [0.25, 0.3) is 0 Å². The van der Waals surface area contributed by atoms with Gasteiger partial charge in [-0.15, -0.1) is 0 Å². The minimum atomic E-state index is -1.03. The smallest absolute Gasteiger partial charge is 0.434 e. The van der Waals surface area contributed by atoms with E-state index in [1.807, 2.05) is 13.8 Å². The van der Waals surface area contributed by atoms with Crippen molar-refractivity contribution in [1.29, 1.82) is 5.26 Å². The maximum atomic E-state index is 11.4. The molecule has 0 fully saturated rings. The second-order valence-electron chi connectivity index (χ2n) is 4.23. The molecule has 0 unspecified atom stereocenters. The topological polar surface area (TPSA) is 102 Å². The number of nitriles is 1. The number of nitro groups is 1. The monoisotopic (exact) mass is 342 g/mol. The zero-order valence-electron chi connectivity index (χ0n) is 10.8.